The van der Waals surface area contributed by atoms with Crippen LogP contribution in [0.25, 0.3) is 27.4 Å². The molecule has 4 aromatic rings. The molecule has 108 valence electrons. The maximum absolute atomic E-state index is 5.24. The highest BCUT2D eigenvalue weighted by Gasteiger charge is 2.14. The van der Waals surface area contributed by atoms with Gasteiger partial charge in [0, 0.05) is 5.56 Å². The molecule has 0 radical (unpaired) electrons. The molecule has 0 saturated heterocycles. The van der Waals surface area contributed by atoms with E-state index in [-0.39, 0.29) is 0 Å². The predicted molar refractivity (Wildman–Crippen MR) is 90.9 cm³/mol. The molecule has 2 aromatic carbocycles. The highest BCUT2D eigenvalue weighted by molar-refractivity contribution is 7.12. The van der Waals surface area contributed by atoms with Crippen LogP contribution < -0.4 is 4.74 Å². The van der Waals surface area contributed by atoms with Gasteiger partial charge in [0.05, 0.1) is 18.1 Å². The van der Waals surface area contributed by atoms with Gasteiger partial charge in [0.25, 0.3) is 0 Å². The second-order valence-electron chi connectivity index (χ2n) is 4.94. The van der Waals surface area contributed by atoms with Gasteiger partial charge >= 0.3 is 0 Å². The smallest absolute Gasteiger partial charge is 0.146 e. The van der Waals surface area contributed by atoms with Crippen LogP contribution in [0, 0.1) is 0 Å². The van der Waals surface area contributed by atoms with Gasteiger partial charge in [-0.25, -0.2) is 4.98 Å². The molecule has 0 unspecified atom stereocenters. The van der Waals surface area contributed by atoms with E-state index in [1.54, 1.807) is 18.4 Å². The number of para-hydroxylation sites is 2. The van der Waals surface area contributed by atoms with Crippen molar-refractivity contribution in [1.29, 1.82) is 0 Å². The minimum Gasteiger partial charge on any atom is -0.497 e. The average molecular weight is 306 g/mol. The molecule has 4 rings (SSSR count). The third-order valence-electron chi connectivity index (χ3n) is 3.64. The van der Waals surface area contributed by atoms with E-state index in [4.69, 9.17) is 9.72 Å². The van der Waals surface area contributed by atoms with E-state index >= 15 is 0 Å². The Morgan fingerprint density at radius 3 is 2.50 bits per heavy atom. The normalized spacial score (nSPS) is 11.0. The molecular weight excluding hydrogens is 292 g/mol. The van der Waals surface area contributed by atoms with Crippen LogP contribution in [0.1, 0.15) is 0 Å². The first-order chi connectivity index (χ1) is 10.9. The number of ether oxygens (including phenoxy) is 1. The maximum Gasteiger partial charge on any atom is 0.146 e. The number of fused-ring (bicyclic) bond motifs is 1. The summed E-state index contributed by atoms with van der Waals surface area (Å²) < 4.78 is 7.45. The summed E-state index contributed by atoms with van der Waals surface area (Å²) in [5, 5.41) is 3.25. The number of hydrogen-bond acceptors (Lipinski definition) is 3. The predicted octanol–water partition coefficient (Wildman–Crippen LogP) is 4.76. The van der Waals surface area contributed by atoms with Gasteiger partial charge in [-0.2, -0.15) is 0 Å². The van der Waals surface area contributed by atoms with Crippen LogP contribution in [0.3, 0.4) is 0 Å². The summed E-state index contributed by atoms with van der Waals surface area (Å²) in [5.41, 5.74) is 3.20. The minimum atomic E-state index is 0.850. The summed E-state index contributed by atoms with van der Waals surface area (Å²) in [4.78, 5) is 4.82. The number of hydrogen-bond donors (Lipinski definition) is 0. The topological polar surface area (TPSA) is 27.1 Å². The monoisotopic (exact) mass is 306 g/mol. The number of thiophene rings is 1. The zero-order valence-electron chi connectivity index (χ0n) is 12.1. The Morgan fingerprint density at radius 1 is 0.955 bits per heavy atom. The molecule has 0 aliphatic heterocycles. The largest absolute Gasteiger partial charge is 0.497 e. The molecule has 0 aliphatic rings. The Kier molecular flexibility index (Phi) is 3.16. The van der Waals surface area contributed by atoms with Gasteiger partial charge in [0.1, 0.15) is 16.6 Å². The van der Waals surface area contributed by atoms with E-state index in [0.29, 0.717) is 0 Å². The van der Waals surface area contributed by atoms with Crippen molar-refractivity contribution in [3.8, 4) is 22.1 Å². The van der Waals surface area contributed by atoms with Gasteiger partial charge in [-0.3, -0.25) is 4.57 Å². The summed E-state index contributed by atoms with van der Waals surface area (Å²) in [6.07, 6.45) is 0. The van der Waals surface area contributed by atoms with E-state index in [2.05, 4.69) is 28.1 Å². The summed E-state index contributed by atoms with van der Waals surface area (Å²) in [7, 11) is 1.68. The molecule has 0 N–H and O–H groups in total. The van der Waals surface area contributed by atoms with E-state index in [1.807, 2.05) is 42.5 Å². The van der Waals surface area contributed by atoms with Crippen LogP contribution in [0.5, 0.6) is 5.75 Å². The van der Waals surface area contributed by atoms with Crippen molar-refractivity contribution in [1.82, 2.24) is 9.55 Å². The molecule has 2 aromatic heterocycles. The first kappa shape index (κ1) is 13.1. The van der Waals surface area contributed by atoms with Gasteiger partial charge in [-0.05, 0) is 53.9 Å². The molecule has 0 atom stereocenters. The fraction of sp³-hybridized carbons (Fsp3) is 0.0556. The number of aromatic nitrogens is 2. The van der Waals surface area contributed by atoms with Gasteiger partial charge in [-0.15, -0.1) is 11.3 Å². The van der Waals surface area contributed by atoms with Gasteiger partial charge in [-0.1, -0.05) is 12.1 Å². The second-order valence-corrected chi connectivity index (χ2v) is 5.87. The number of nitrogens with zero attached hydrogens (tertiary/aromatic N) is 2. The summed E-state index contributed by atoms with van der Waals surface area (Å²) in [6.45, 7) is 0. The molecule has 0 saturated carbocycles. The van der Waals surface area contributed by atoms with Gasteiger partial charge < -0.3 is 4.74 Å². The number of benzene rings is 2. The molecule has 0 aliphatic carbocycles. The van der Waals surface area contributed by atoms with E-state index in [1.165, 1.54) is 5.00 Å². The van der Waals surface area contributed by atoms with Crippen molar-refractivity contribution in [2.24, 2.45) is 0 Å². The van der Waals surface area contributed by atoms with Crippen molar-refractivity contribution >= 4 is 22.4 Å². The molecule has 22 heavy (non-hydrogen) atoms. The molecular formula is C18H14N2OS. The molecule has 3 nitrogen and oxygen atoms in total. The summed E-state index contributed by atoms with van der Waals surface area (Å²) in [5.74, 6) is 1.80. The van der Waals surface area contributed by atoms with Crippen LogP contribution >= 0.6 is 11.3 Å². The maximum atomic E-state index is 5.24. The fourth-order valence-corrected chi connectivity index (χ4v) is 3.32. The Bertz CT molecular complexity index is 908. The Hall–Kier alpha value is -2.59. The summed E-state index contributed by atoms with van der Waals surface area (Å²) in [6, 6.07) is 20.4. The van der Waals surface area contributed by atoms with Gasteiger partial charge in [0.15, 0.2) is 0 Å². The average Bonchev–Trinajstić information content (AvgIpc) is 3.21. The molecule has 0 spiro atoms. The highest BCUT2D eigenvalue weighted by Crippen LogP contribution is 2.31. The Balaban J connectivity index is 1.98. The van der Waals surface area contributed by atoms with Crippen molar-refractivity contribution in [2.75, 3.05) is 7.11 Å². The zero-order valence-corrected chi connectivity index (χ0v) is 12.9. The fourth-order valence-electron chi connectivity index (χ4n) is 2.58. The Labute approximate surface area is 132 Å². The van der Waals surface area contributed by atoms with Crippen LogP contribution in [-0.2, 0) is 0 Å². The lowest BCUT2D eigenvalue weighted by molar-refractivity contribution is 0.415. The molecule has 0 amide bonds. The van der Waals surface area contributed by atoms with Crippen molar-refractivity contribution in [3.63, 3.8) is 0 Å². The van der Waals surface area contributed by atoms with Crippen molar-refractivity contribution in [3.05, 3.63) is 66.0 Å². The quantitative estimate of drug-likeness (QED) is 0.545. The van der Waals surface area contributed by atoms with Gasteiger partial charge in [0.2, 0.25) is 0 Å². The lowest BCUT2D eigenvalue weighted by Gasteiger charge is -2.07. The third kappa shape index (κ3) is 2.09. The van der Waals surface area contributed by atoms with E-state index < -0.39 is 0 Å². The molecule has 0 fully saturated rings. The SMILES string of the molecule is COc1ccc(-c2nc3ccccc3n2-c2cccs2)cc1. The van der Waals surface area contributed by atoms with Crippen molar-refractivity contribution < 1.29 is 4.74 Å². The number of rotatable bonds is 3. The summed E-state index contributed by atoms with van der Waals surface area (Å²) >= 11 is 1.71. The molecule has 4 heteroatoms. The number of methoxy groups -OCH3 is 1. The van der Waals surface area contributed by atoms with Crippen LogP contribution in [-0.4, -0.2) is 16.7 Å². The minimum absolute atomic E-state index is 0.850. The van der Waals surface area contributed by atoms with Crippen LogP contribution in [0.4, 0.5) is 0 Å². The van der Waals surface area contributed by atoms with Crippen molar-refractivity contribution in [2.45, 2.75) is 0 Å². The molecule has 0 bridgehead atoms. The lowest BCUT2D eigenvalue weighted by Crippen LogP contribution is -1.95. The number of imidazole rings is 1. The first-order valence-electron chi connectivity index (χ1n) is 7.02. The van der Waals surface area contributed by atoms with Crippen LogP contribution in [0.2, 0.25) is 0 Å². The first-order valence-corrected chi connectivity index (χ1v) is 7.90. The lowest BCUT2D eigenvalue weighted by atomic mass is 10.2. The highest BCUT2D eigenvalue weighted by atomic mass is 32.1. The van der Waals surface area contributed by atoms with E-state index in [9.17, 15) is 0 Å². The second kappa shape index (κ2) is 5.31. The Morgan fingerprint density at radius 2 is 1.77 bits per heavy atom. The van der Waals surface area contributed by atoms with E-state index in [0.717, 1.165) is 28.2 Å². The standard InChI is InChI=1S/C18H14N2OS/c1-21-14-10-8-13(9-11-14)18-19-15-5-2-3-6-16(15)20(18)17-7-4-12-22-17/h2-12H,1H3. The third-order valence-corrected chi connectivity index (χ3v) is 4.49. The molecule has 2 heterocycles. The zero-order chi connectivity index (χ0) is 14.9. The van der Waals surface area contributed by atoms with Crippen LogP contribution in [0.15, 0.2) is 66.0 Å².